The summed E-state index contributed by atoms with van der Waals surface area (Å²) in [6.07, 6.45) is -2.61. The van der Waals surface area contributed by atoms with Gasteiger partial charge in [-0.2, -0.15) is 26.7 Å². The van der Waals surface area contributed by atoms with E-state index >= 15 is 0 Å². The molecule has 5 rings (SSSR count). The molecule has 2 fully saturated rings. The zero-order valence-electron chi connectivity index (χ0n) is 26.5. The Morgan fingerprint density at radius 3 is 2.32 bits per heavy atom. The van der Waals surface area contributed by atoms with Gasteiger partial charge in [0.05, 0.1) is 18.3 Å². The van der Waals surface area contributed by atoms with Crippen LogP contribution in [0.15, 0.2) is 72.8 Å². The van der Waals surface area contributed by atoms with Crippen molar-refractivity contribution < 1.29 is 27.5 Å². The second-order valence-corrected chi connectivity index (χ2v) is 12.8. The van der Waals surface area contributed by atoms with Crippen molar-refractivity contribution in [3.63, 3.8) is 0 Å². The molecule has 0 radical (unpaired) electrons. The third kappa shape index (κ3) is 8.80. The summed E-state index contributed by atoms with van der Waals surface area (Å²) in [4.78, 5) is 22.0. The Labute approximate surface area is 286 Å². The first-order valence-electron chi connectivity index (χ1n) is 15.8. The highest BCUT2D eigenvalue weighted by atomic mass is 35.5. The van der Waals surface area contributed by atoms with Gasteiger partial charge in [-0.3, -0.25) is 14.6 Å². The van der Waals surface area contributed by atoms with E-state index in [4.69, 9.17) is 11.6 Å². The lowest BCUT2D eigenvalue weighted by atomic mass is 9.85. The summed E-state index contributed by atoms with van der Waals surface area (Å²) in [5.74, 6) is -0.524. The van der Waals surface area contributed by atoms with Crippen molar-refractivity contribution in [2.45, 2.75) is 63.5 Å². The summed E-state index contributed by atoms with van der Waals surface area (Å²) in [6.45, 7) is 5.12. The molecular formula is C35H43ClF4N4O2S. The monoisotopic (exact) mass is 694 g/mol. The van der Waals surface area contributed by atoms with E-state index in [0.29, 0.717) is 44.7 Å². The highest BCUT2D eigenvalue weighted by molar-refractivity contribution is 7.59. The van der Waals surface area contributed by atoms with Gasteiger partial charge in [-0.15, -0.1) is 0 Å². The molecule has 0 unspecified atom stereocenters. The third-order valence-electron chi connectivity index (χ3n) is 9.12. The number of aliphatic hydroxyl groups is 1. The number of benzene rings is 3. The fourth-order valence-corrected chi connectivity index (χ4v) is 6.95. The number of amides is 1. The first-order chi connectivity index (χ1) is 22.0. The number of anilines is 1. The Bertz CT molecular complexity index is 1460. The smallest absolute Gasteiger partial charge is 0.390 e. The predicted molar refractivity (Wildman–Crippen MR) is 182 cm³/mol. The summed E-state index contributed by atoms with van der Waals surface area (Å²) in [5.41, 5.74) is 0.127. The van der Waals surface area contributed by atoms with Gasteiger partial charge in [0.2, 0.25) is 5.91 Å². The Kier molecular flexibility index (Phi) is 12.6. The zero-order valence-corrected chi connectivity index (χ0v) is 28.3. The molecule has 0 aromatic heterocycles. The number of β-amino-alcohol motifs (C(OH)–C–C–N with tert-alkyl or cyclic N) is 1. The Morgan fingerprint density at radius 2 is 1.68 bits per heavy atom. The molecule has 256 valence electrons. The molecule has 6 nitrogen and oxygen atoms in total. The first-order valence-corrected chi connectivity index (χ1v) is 16.2. The molecule has 3 aromatic carbocycles. The van der Waals surface area contributed by atoms with Crippen LogP contribution in [-0.2, 0) is 24.1 Å². The first kappa shape index (κ1) is 37.0. The van der Waals surface area contributed by atoms with Gasteiger partial charge in [-0.1, -0.05) is 61.3 Å². The SMILES string of the molecule is CCCCN(Cc1ccccc1)C[C@H](O)CN1CN(c2ccc(F)cc2)C2(CCN(Cc3c(Cl)cccc3C(F)(F)F)CC2)C1=O.S. The maximum absolute atomic E-state index is 14.2. The summed E-state index contributed by atoms with van der Waals surface area (Å²) < 4.78 is 55.1. The van der Waals surface area contributed by atoms with Crippen LogP contribution in [0.1, 0.15) is 49.3 Å². The molecule has 1 N–H and O–H groups in total. The number of halogens is 5. The molecule has 2 aliphatic heterocycles. The molecular weight excluding hydrogens is 652 g/mol. The fourth-order valence-electron chi connectivity index (χ4n) is 6.71. The van der Waals surface area contributed by atoms with E-state index in [1.165, 1.54) is 24.3 Å². The zero-order chi connectivity index (χ0) is 32.9. The lowest BCUT2D eigenvalue weighted by Gasteiger charge is -2.43. The lowest BCUT2D eigenvalue weighted by Crippen LogP contribution is -2.56. The number of unbranched alkanes of at least 4 members (excludes halogenated alkanes) is 1. The molecule has 0 aliphatic carbocycles. The van der Waals surface area contributed by atoms with E-state index in [1.807, 2.05) is 28.0 Å². The van der Waals surface area contributed by atoms with E-state index in [0.717, 1.165) is 31.0 Å². The number of likely N-dealkylation sites (tertiary alicyclic amines) is 1. The number of alkyl halides is 3. The summed E-state index contributed by atoms with van der Waals surface area (Å²) in [7, 11) is 0. The number of carbonyl (C=O) groups excluding carboxylic acids is 1. The maximum atomic E-state index is 14.2. The van der Waals surface area contributed by atoms with Crippen LogP contribution in [0.5, 0.6) is 0 Å². The highest BCUT2D eigenvalue weighted by Crippen LogP contribution is 2.41. The summed E-state index contributed by atoms with van der Waals surface area (Å²) >= 11 is 6.24. The minimum Gasteiger partial charge on any atom is -0.390 e. The standard InChI is InChI=1S/C35H41ClF4N4O2.H2S/c1-2-3-18-42(21-26-8-5-4-6-9-26)22-29(45)23-43-25-44(28-14-12-27(37)13-15-28)34(33(43)46)16-19-41(20-17-34)24-30-31(35(38,39)40)10-7-11-32(30)36;/h4-15,29,45H,2-3,16-25H2,1H3;1H2/t29-;/m0./s1. The van der Waals surface area contributed by atoms with Crippen LogP contribution < -0.4 is 4.90 Å². The van der Waals surface area contributed by atoms with Crippen molar-refractivity contribution in [3.05, 3.63) is 100 Å². The van der Waals surface area contributed by atoms with Crippen LogP contribution in [0.2, 0.25) is 5.02 Å². The van der Waals surface area contributed by atoms with E-state index in [9.17, 15) is 27.5 Å². The van der Waals surface area contributed by atoms with Crippen molar-refractivity contribution in [3.8, 4) is 0 Å². The lowest BCUT2D eigenvalue weighted by molar-refractivity contribution is -0.138. The van der Waals surface area contributed by atoms with Gasteiger partial charge >= 0.3 is 6.18 Å². The van der Waals surface area contributed by atoms with Crippen LogP contribution in [0.4, 0.5) is 23.2 Å². The van der Waals surface area contributed by atoms with Crippen LogP contribution in [-0.4, -0.2) is 76.7 Å². The third-order valence-corrected chi connectivity index (χ3v) is 9.47. The van der Waals surface area contributed by atoms with Crippen molar-refractivity contribution in [1.29, 1.82) is 0 Å². The second kappa shape index (κ2) is 16.0. The normalized spacial score (nSPS) is 17.4. The Balaban J connectivity index is 0.00000500. The maximum Gasteiger partial charge on any atom is 0.416 e. The molecule has 1 spiro atoms. The Morgan fingerprint density at radius 1 is 1.00 bits per heavy atom. The highest BCUT2D eigenvalue weighted by Gasteiger charge is 2.54. The van der Waals surface area contributed by atoms with E-state index < -0.39 is 29.2 Å². The van der Waals surface area contributed by atoms with Gasteiger partial charge in [0.15, 0.2) is 0 Å². The van der Waals surface area contributed by atoms with E-state index in [-0.39, 0.29) is 49.7 Å². The van der Waals surface area contributed by atoms with Gasteiger partial charge in [-0.25, -0.2) is 4.39 Å². The molecule has 3 aromatic rings. The van der Waals surface area contributed by atoms with Crippen molar-refractivity contribution >= 4 is 36.7 Å². The second-order valence-electron chi connectivity index (χ2n) is 12.4. The van der Waals surface area contributed by atoms with Gasteiger partial charge in [0.25, 0.3) is 0 Å². The quantitative estimate of drug-likeness (QED) is 0.209. The number of aliphatic hydroxyl groups excluding tert-OH is 1. The van der Waals surface area contributed by atoms with Crippen LogP contribution >= 0.6 is 25.1 Å². The van der Waals surface area contributed by atoms with Crippen LogP contribution in [0.3, 0.4) is 0 Å². The number of carbonyl (C=O) groups is 1. The molecule has 1 atom stereocenters. The Hall–Kier alpha value is -2.83. The number of rotatable bonds is 12. The number of piperidine rings is 1. The van der Waals surface area contributed by atoms with Gasteiger partial charge in [0.1, 0.15) is 11.4 Å². The van der Waals surface area contributed by atoms with Gasteiger partial charge in [-0.05, 0) is 73.3 Å². The predicted octanol–water partition coefficient (Wildman–Crippen LogP) is 6.91. The van der Waals surface area contributed by atoms with E-state index in [1.54, 1.807) is 17.0 Å². The molecule has 12 heteroatoms. The van der Waals surface area contributed by atoms with Gasteiger partial charge < -0.3 is 14.9 Å². The molecule has 47 heavy (non-hydrogen) atoms. The topological polar surface area (TPSA) is 50.3 Å². The average Bonchev–Trinajstić information content (AvgIpc) is 3.28. The van der Waals surface area contributed by atoms with E-state index in [2.05, 4.69) is 24.0 Å². The van der Waals surface area contributed by atoms with Gasteiger partial charge in [0, 0.05) is 50.0 Å². The van der Waals surface area contributed by atoms with Crippen molar-refractivity contribution in [1.82, 2.24) is 14.7 Å². The summed E-state index contributed by atoms with van der Waals surface area (Å²) in [6, 6.07) is 19.8. The van der Waals surface area contributed by atoms with Crippen LogP contribution in [0, 0.1) is 5.82 Å². The number of nitrogens with zero attached hydrogens (tertiary/aromatic N) is 4. The minimum atomic E-state index is -4.54. The minimum absolute atomic E-state index is 0. The summed E-state index contributed by atoms with van der Waals surface area (Å²) in [5, 5.41) is 11.3. The fraction of sp³-hybridized carbons (Fsp3) is 0.457. The van der Waals surface area contributed by atoms with Crippen molar-refractivity contribution in [2.75, 3.05) is 44.3 Å². The molecule has 0 saturated carbocycles. The molecule has 0 bridgehead atoms. The molecule has 2 heterocycles. The number of hydrogen-bond donors (Lipinski definition) is 1. The average molecular weight is 695 g/mol. The van der Waals surface area contributed by atoms with Crippen LogP contribution in [0.25, 0.3) is 0 Å². The molecule has 2 aliphatic rings. The largest absolute Gasteiger partial charge is 0.416 e. The molecule has 2 saturated heterocycles. The number of hydrogen-bond acceptors (Lipinski definition) is 5. The van der Waals surface area contributed by atoms with Crippen molar-refractivity contribution in [2.24, 2.45) is 0 Å². The molecule has 1 amide bonds.